The average molecular weight is 215 g/mol. The first-order valence-corrected chi connectivity index (χ1v) is 6.04. The number of aliphatic hydroxyl groups excluding tert-OH is 1. The van der Waals surface area contributed by atoms with Crippen LogP contribution in [0.5, 0.6) is 0 Å². The van der Waals surface area contributed by atoms with Crippen molar-refractivity contribution in [2.24, 2.45) is 5.92 Å². The summed E-state index contributed by atoms with van der Waals surface area (Å²) in [5.41, 5.74) is 0. The van der Waals surface area contributed by atoms with Gasteiger partial charge in [-0.3, -0.25) is 4.79 Å². The highest BCUT2D eigenvalue weighted by Gasteiger charge is 2.12. The van der Waals surface area contributed by atoms with Crippen LogP contribution in [0.2, 0.25) is 0 Å². The van der Waals surface area contributed by atoms with E-state index in [1.807, 2.05) is 6.92 Å². The van der Waals surface area contributed by atoms with Crippen LogP contribution >= 0.6 is 0 Å². The number of carbonyl (C=O) groups excluding carboxylic acids is 1. The second kappa shape index (κ2) is 8.72. The fourth-order valence-electron chi connectivity index (χ4n) is 1.64. The molecule has 0 rings (SSSR count). The fourth-order valence-corrected chi connectivity index (χ4v) is 1.64. The van der Waals surface area contributed by atoms with Crippen molar-refractivity contribution in [1.29, 1.82) is 0 Å². The van der Waals surface area contributed by atoms with Gasteiger partial charge in [0.2, 0.25) is 5.91 Å². The Morgan fingerprint density at radius 1 is 1.33 bits per heavy atom. The van der Waals surface area contributed by atoms with Gasteiger partial charge in [0.05, 0.1) is 0 Å². The molecule has 0 aliphatic carbocycles. The van der Waals surface area contributed by atoms with Crippen molar-refractivity contribution in [3.05, 3.63) is 0 Å². The molecule has 0 aliphatic heterocycles. The molecule has 0 aromatic rings. The number of carbonyl (C=O) groups is 1. The van der Waals surface area contributed by atoms with E-state index in [0.717, 1.165) is 25.7 Å². The highest BCUT2D eigenvalue weighted by Crippen LogP contribution is 2.12. The minimum atomic E-state index is 0.147. The first-order chi connectivity index (χ1) is 7.13. The van der Waals surface area contributed by atoms with Crippen molar-refractivity contribution in [2.75, 3.05) is 6.61 Å². The summed E-state index contributed by atoms with van der Waals surface area (Å²) in [5.74, 6) is 0.657. The molecule has 15 heavy (non-hydrogen) atoms. The average Bonchev–Trinajstić information content (AvgIpc) is 2.22. The van der Waals surface area contributed by atoms with Gasteiger partial charge in [-0.1, -0.05) is 26.7 Å². The Balaban J connectivity index is 3.71. The number of hydrogen-bond acceptors (Lipinski definition) is 2. The summed E-state index contributed by atoms with van der Waals surface area (Å²) >= 11 is 0. The minimum Gasteiger partial charge on any atom is -0.396 e. The molecule has 0 saturated heterocycles. The molecule has 90 valence electrons. The molecule has 1 amide bonds. The number of hydrogen-bond donors (Lipinski definition) is 2. The summed E-state index contributed by atoms with van der Waals surface area (Å²) in [6.45, 7) is 6.43. The summed E-state index contributed by atoms with van der Waals surface area (Å²) < 4.78 is 0. The van der Waals surface area contributed by atoms with E-state index in [1.54, 1.807) is 0 Å². The molecule has 0 aliphatic rings. The van der Waals surface area contributed by atoms with Crippen LogP contribution in [0, 0.1) is 5.92 Å². The summed E-state index contributed by atoms with van der Waals surface area (Å²) in [7, 11) is 0. The standard InChI is InChI=1S/C12H25NO2/c1-4-11(5-2)9-12(15)13-10(3)7-6-8-14/h10-11,14H,4-9H2,1-3H3,(H,13,15). The second-order valence-electron chi connectivity index (χ2n) is 4.22. The normalized spacial score (nSPS) is 12.9. The second-order valence-corrected chi connectivity index (χ2v) is 4.22. The zero-order chi connectivity index (χ0) is 11.7. The van der Waals surface area contributed by atoms with Crippen LogP contribution < -0.4 is 5.32 Å². The molecule has 0 saturated carbocycles. The van der Waals surface area contributed by atoms with Crippen LogP contribution in [-0.4, -0.2) is 23.7 Å². The zero-order valence-corrected chi connectivity index (χ0v) is 10.3. The Morgan fingerprint density at radius 3 is 2.40 bits per heavy atom. The molecule has 2 N–H and O–H groups in total. The molecule has 3 heteroatoms. The van der Waals surface area contributed by atoms with Crippen molar-refractivity contribution in [1.82, 2.24) is 5.32 Å². The number of aliphatic hydroxyl groups is 1. The van der Waals surface area contributed by atoms with Crippen molar-refractivity contribution in [2.45, 2.75) is 58.9 Å². The van der Waals surface area contributed by atoms with Gasteiger partial charge in [0.1, 0.15) is 0 Å². The Bertz CT molecular complexity index is 167. The van der Waals surface area contributed by atoms with E-state index in [1.165, 1.54) is 0 Å². The third-order valence-corrected chi connectivity index (χ3v) is 2.83. The Morgan fingerprint density at radius 2 is 1.93 bits per heavy atom. The zero-order valence-electron chi connectivity index (χ0n) is 10.3. The lowest BCUT2D eigenvalue weighted by molar-refractivity contribution is -0.122. The SMILES string of the molecule is CCC(CC)CC(=O)NC(C)CCCO. The van der Waals surface area contributed by atoms with E-state index in [0.29, 0.717) is 12.3 Å². The van der Waals surface area contributed by atoms with Crippen LogP contribution in [0.1, 0.15) is 52.9 Å². The van der Waals surface area contributed by atoms with Gasteiger partial charge in [0.25, 0.3) is 0 Å². The minimum absolute atomic E-state index is 0.147. The highest BCUT2D eigenvalue weighted by molar-refractivity contribution is 5.76. The smallest absolute Gasteiger partial charge is 0.220 e. The van der Waals surface area contributed by atoms with Crippen molar-refractivity contribution in [3.8, 4) is 0 Å². The van der Waals surface area contributed by atoms with Crippen LogP contribution in [0.25, 0.3) is 0 Å². The Hall–Kier alpha value is -0.570. The van der Waals surface area contributed by atoms with E-state index in [4.69, 9.17) is 5.11 Å². The third kappa shape index (κ3) is 7.37. The largest absolute Gasteiger partial charge is 0.396 e. The molecule has 0 fully saturated rings. The first kappa shape index (κ1) is 14.4. The molecule has 0 aromatic carbocycles. The van der Waals surface area contributed by atoms with Gasteiger partial charge in [-0.25, -0.2) is 0 Å². The first-order valence-electron chi connectivity index (χ1n) is 6.04. The van der Waals surface area contributed by atoms with Crippen molar-refractivity contribution in [3.63, 3.8) is 0 Å². The van der Waals surface area contributed by atoms with E-state index < -0.39 is 0 Å². The predicted octanol–water partition coefficient (Wildman–Crippen LogP) is 2.09. The lowest BCUT2D eigenvalue weighted by Gasteiger charge is -2.16. The van der Waals surface area contributed by atoms with Crippen LogP contribution in [-0.2, 0) is 4.79 Å². The Labute approximate surface area is 93.3 Å². The molecule has 3 nitrogen and oxygen atoms in total. The molecular weight excluding hydrogens is 190 g/mol. The molecule has 0 spiro atoms. The fraction of sp³-hybridized carbons (Fsp3) is 0.917. The molecular formula is C12H25NO2. The molecule has 0 bridgehead atoms. The number of rotatable bonds is 8. The van der Waals surface area contributed by atoms with Crippen LogP contribution in [0.4, 0.5) is 0 Å². The van der Waals surface area contributed by atoms with E-state index in [-0.39, 0.29) is 18.6 Å². The van der Waals surface area contributed by atoms with Gasteiger partial charge >= 0.3 is 0 Å². The molecule has 0 aromatic heterocycles. The van der Waals surface area contributed by atoms with Gasteiger partial charge < -0.3 is 10.4 Å². The third-order valence-electron chi connectivity index (χ3n) is 2.83. The maximum Gasteiger partial charge on any atom is 0.220 e. The van der Waals surface area contributed by atoms with E-state index in [9.17, 15) is 4.79 Å². The van der Waals surface area contributed by atoms with Gasteiger partial charge in [-0.05, 0) is 25.7 Å². The molecule has 0 heterocycles. The van der Waals surface area contributed by atoms with Crippen molar-refractivity contribution < 1.29 is 9.90 Å². The maximum atomic E-state index is 11.6. The summed E-state index contributed by atoms with van der Waals surface area (Å²) in [6, 6.07) is 0.180. The quantitative estimate of drug-likeness (QED) is 0.651. The van der Waals surface area contributed by atoms with Gasteiger partial charge in [-0.15, -0.1) is 0 Å². The van der Waals surface area contributed by atoms with Gasteiger partial charge in [-0.2, -0.15) is 0 Å². The molecule has 1 atom stereocenters. The topological polar surface area (TPSA) is 49.3 Å². The lowest BCUT2D eigenvalue weighted by Crippen LogP contribution is -2.33. The Kier molecular flexibility index (Phi) is 8.38. The summed E-state index contributed by atoms with van der Waals surface area (Å²) in [6.07, 6.45) is 4.37. The highest BCUT2D eigenvalue weighted by atomic mass is 16.2. The maximum absolute atomic E-state index is 11.6. The molecule has 0 radical (unpaired) electrons. The number of amides is 1. The van der Waals surface area contributed by atoms with Crippen LogP contribution in [0.15, 0.2) is 0 Å². The lowest BCUT2D eigenvalue weighted by atomic mass is 9.99. The summed E-state index contributed by atoms with van der Waals surface area (Å²) in [5, 5.41) is 11.6. The van der Waals surface area contributed by atoms with Crippen molar-refractivity contribution >= 4 is 5.91 Å². The van der Waals surface area contributed by atoms with E-state index in [2.05, 4.69) is 19.2 Å². The monoisotopic (exact) mass is 215 g/mol. The van der Waals surface area contributed by atoms with Gasteiger partial charge in [0, 0.05) is 19.1 Å². The van der Waals surface area contributed by atoms with Crippen LogP contribution in [0.3, 0.4) is 0 Å². The number of nitrogens with one attached hydrogen (secondary N) is 1. The molecule has 1 unspecified atom stereocenters. The predicted molar refractivity (Wildman–Crippen MR) is 62.6 cm³/mol. The summed E-state index contributed by atoms with van der Waals surface area (Å²) in [4.78, 5) is 11.6. The van der Waals surface area contributed by atoms with E-state index >= 15 is 0 Å². The van der Waals surface area contributed by atoms with Gasteiger partial charge in [0.15, 0.2) is 0 Å².